The number of alkyl halides is 2. The van der Waals surface area contributed by atoms with Gasteiger partial charge in [-0.3, -0.25) is 0 Å². The Morgan fingerprint density at radius 1 is 1.10 bits per heavy atom. The van der Waals surface area contributed by atoms with Crippen LogP contribution in [-0.2, 0) is 15.0 Å². The molecule has 2 atom stereocenters. The van der Waals surface area contributed by atoms with Gasteiger partial charge in [-0.05, 0) is 42.2 Å². The summed E-state index contributed by atoms with van der Waals surface area (Å²) in [5.41, 5.74) is 5.17. The van der Waals surface area contributed by atoms with Crippen LogP contribution in [0.3, 0.4) is 0 Å². The Morgan fingerprint density at radius 3 is 2.71 bits per heavy atom. The molecule has 5 rings (SSSR count). The average molecular weight is 425 g/mol. The second kappa shape index (κ2) is 6.92. The fourth-order valence-corrected chi connectivity index (χ4v) is 4.77. The molecule has 0 bridgehead atoms. The van der Waals surface area contributed by atoms with Gasteiger partial charge in [0.15, 0.2) is 17.8 Å². The summed E-state index contributed by atoms with van der Waals surface area (Å²) in [6.07, 6.45) is 1.25. The molecule has 1 fully saturated rings. The summed E-state index contributed by atoms with van der Waals surface area (Å²) < 4.78 is 48.0. The first-order valence-corrected chi connectivity index (χ1v) is 10.1. The van der Waals surface area contributed by atoms with Crippen LogP contribution >= 0.6 is 0 Å². The highest BCUT2D eigenvalue weighted by Crippen LogP contribution is 2.57. The number of rotatable bonds is 1. The van der Waals surface area contributed by atoms with Gasteiger partial charge >= 0.3 is 5.92 Å². The lowest BCUT2D eigenvalue weighted by molar-refractivity contribution is -0.170. The largest absolute Gasteiger partial charge is 0.484 e. The Morgan fingerprint density at radius 2 is 1.94 bits per heavy atom. The van der Waals surface area contributed by atoms with Crippen molar-refractivity contribution in [2.45, 2.75) is 36.3 Å². The number of ether oxygens (including phenoxy) is 3. The van der Waals surface area contributed by atoms with Crippen molar-refractivity contribution in [3.8, 4) is 16.9 Å². The van der Waals surface area contributed by atoms with Crippen molar-refractivity contribution in [2.75, 3.05) is 19.8 Å². The number of nitrogens with zero attached hydrogens (tertiary/aromatic N) is 2. The molecule has 31 heavy (non-hydrogen) atoms. The third kappa shape index (κ3) is 3.12. The number of nitrogens with two attached hydrogens (primary N) is 1. The zero-order chi connectivity index (χ0) is 21.7. The van der Waals surface area contributed by atoms with E-state index in [0.29, 0.717) is 36.4 Å². The van der Waals surface area contributed by atoms with Crippen LogP contribution in [0, 0.1) is 6.57 Å². The predicted molar refractivity (Wildman–Crippen MR) is 110 cm³/mol. The average Bonchev–Trinajstić information content (AvgIpc) is 2.77. The minimum Gasteiger partial charge on any atom is -0.484 e. The van der Waals surface area contributed by atoms with E-state index < -0.39 is 23.7 Å². The van der Waals surface area contributed by atoms with Gasteiger partial charge in [0.2, 0.25) is 0 Å². The van der Waals surface area contributed by atoms with Gasteiger partial charge in [-0.1, -0.05) is 24.3 Å². The summed E-state index contributed by atoms with van der Waals surface area (Å²) >= 11 is 0. The van der Waals surface area contributed by atoms with Gasteiger partial charge in [0, 0.05) is 18.6 Å². The summed E-state index contributed by atoms with van der Waals surface area (Å²) in [5.74, 6) is -2.95. The monoisotopic (exact) mass is 425 g/mol. The normalized spacial score (nSPS) is 28.7. The third-order valence-electron chi connectivity index (χ3n) is 6.23. The number of fused-ring (bicyclic) bond motifs is 2. The van der Waals surface area contributed by atoms with Crippen LogP contribution in [0.1, 0.15) is 24.8 Å². The highest BCUT2D eigenvalue weighted by Gasteiger charge is 2.65. The van der Waals surface area contributed by atoms with Crippen LogP contribution in [0.15, 0.2) is 47.5 Å². The van der Waals surface area contributed by atoms with Gasteiger partial charge < -0.3 is 19.9 Å². The van der Waals surface area contributed by atoms with Crippen LogP contribution < -0.4 is 10.5 Å². The summed E-state index contributed by atoms with van der Waals surface area (Å²) in [6, 6.07) is 11.9. The zero-order valence-corrected chi connectivity index (χ0v) is 16.7. The Balaban J connectivity index is 1.71. The van der Waals surface area contributed by atoms with Crippen molar-refractivity contribution >= 4 is 11.7 Å². The molecule has 0 radical (unpaired) electrons. The van der Waals surface area contributed by atoms with E-state index >= 15 is 8.78 Å². The van der Waals surface area contributed by atoms with Crippen molar-refractivity contribution < 1.29 is 23.0 Å². The molecule has 2 aromatic carbocycles. The number of benzene rings is 2. The topological polar surface area (TPSA) is 70.4 Å². The summed E-state index contributed by atoms with van der Waals surface area (Å²) in [4.78, 5) is 7.68. The maximum absolute atomic E-state index is 15.6. The standard InChI is InChI=1S/C23H21F2N3O3/c1-27-17-5-2-4-15(10-17)16-6-7-19-18(11-16)22(23(24,25)14-30-20(26)28-22)12-21(31-19)8-3-9-29-13-21/h2,4-7,10-11H,3,8-9,12-14H2,(H2,26,28)/t21-,22-/m1/s1. The molecule has 0 amide bonds. The summed E-state index contributed by atoms with van der Waals surface area (Å²) in [6.45, 7) is 7.18. The second-order valence-electron chi connectivity index (χ2n) is 8.29. The maximum Gasteiger partial charge on any atom is 0.310 e. The predicted octanol–water partition coefficient (Wildman–Crippen LogP) is 4.41. The van der Waals surface area contributed by atoms with Crippen LogP contribution in [0.4, 0.5) is 14.5 Å². The third-order valence-corrected chi connectivity index (χ3v) is 6.23. The Kier molecular flexibility index (Phi) is 4.41. The van der Waals surface area contributed by atoms with Crippen LogP contribution in [0.2, 0.25) is 0 Å². The van der Waals surface area contributed by atoms with E-state index in [2.05, 4.69) is 9.84 Å². The van der Waals surface area contributed by atoms with E-state index in [0.717, 1.165) is 5.56 Å². The van der Waals surface area contributed by atoms with Crippen molar-refractivity contribution in [1.29, 1.82) is 0 Å². The molecule has 0 saturated carbocycles. The number of hydrogen-bond donors (Lipinski definition) is 1. The minimum atomic E-state index is -3.30. The number of amidine groups is 1. The van der Waals surface area contributed by atoms with Crippen molar-refractivity contribution in [2.24, 2.45) is 10.7 Å². The zero-order valence-electron chi connectivity index (χ0n) is 16.7. The quantitative estimate of drug-likeness (QED) is 0.687. The molecule has 160 valence electrons. The molecule has 2 spiro atoms. The Bertz CT molecular complexity index is 1110. The number of halogens is 2. The SMILES string of the molecule is [C-]#[N+]c1cccc(-c2ccc3c(c2)[C@@]2(C[C@@]4(CCCOC4)O3)N=C(N)OCC2(F)F)c1. The first-order valence-electron chi connectivity index (χ1n) is 10.1. The van der Waals surface area contributed by atoms with E-state index in [1.807, 2.05) is 12.1 Å². The lowest BCUT2D eigenvalue weighted by Gasteiger charge is -2.51. The molecule has 2 N–H and O–H groups in total. The highest BCUT2D eigenvalue weighted by molar-refractivity contribution is 5.75. The molecule has 0 unspecified atom stereocenters. The van der Waals surface area contributed by atoms with Crippen molar-refractivity contribution in [3.05, 3.63) is 59.4 Å². The summed E-state index contributed by atoms with van der Waals surface area (Å²) in [5, 5.41) is 0. The van der Waals surface area contributed by atoms with E-state index in [-0.39, 0.29) is 24.6 Å². The smallest absolute Gasteiger partial charge is 0.310 e. The molecule has 0 aromatic heterocycles. The molecule has 3 aliphatic rings. The molecular weight excluding hydrogens is 404 g/mol. The molecule has 3 heterocycles. The van der Waals surface area contributed by atoms with Gasteiger partial charge in [-0.15, -0.1) is 0 Å². The molecule has 6 nitrogen and oxygen atoms in total. The lowest BCUT2D eigenvalue weighted by Crippen LogP contribution is -2.61. The lowest BCUT2D eigenvalue weighted by atomic mass is 9.70. The number of hydrogen-bond acceptors (Lipinski definition) is 5. The van der Waals surface area contributed by atoms with E-state index in [4.69, 9.17) is 26.5 Å². The van der Waals surface area contributed by atoms with Gasteiger partial charge in [-0.25, -0.2) is 9.84 Å². The molecule has 3 aliphatic heterocycles. The Hall–Kier alpha value is -3.18. The fraction of sp³-hybridized carbons (Fsp3) is 0.391. The second-order valence-corrected chi connectivity index (χ2v) is 8.29. The minimum absolute atomic E-state index is 0.0599. The van der Waals surface area contributed by atoms with E-state index in [9.17, 15) is 0 Å². The molecule has 8 heteroatoms. The molecular formula is C23H21F2N3O3. The summed E-state index contributed by atoms with van der Waals surface area (Å²) in [7, 11) is 0. The van der Waals surface area contributed by atoms with Gasteiger partial charge in [0.05, 0.1) is 13.2 Å². The first-order chi connectivity index (χ1) is 14.9. The van der Waals surface area contributed by atoms with Gasteiger partial charge in [-0.2, -0.15) is 8.78 Å². The van der Waals surface area contributed by atoms with E-state index in [1.54, 1.807) is 30.3 Å². The fourth-order valence-electron chi connectivity index (χ4n) is 4.77. The molecule has 0 aliphatic carbocycles. The van der Waals surface area contributed by atoms with Gasteiger partial charge in [0.1, 0.15) is 11.4 Å². The number of aliphatic imine (C=N–C) groups is 1. The first kappa shape index (κ1) is 19.8. The van der Waals surface area contributed by atoms with Crippen molar-refractivity contribution in [3.63, 3.8) is 0 Å². The van der Waals surface area contributed by atoms with Gasteiger partial charge in [0.25, 0.3) is 6.02 Å². The highest BCUT2D eigenvalue weighted by atomic mass is 19.3. The molecule has 1 saturated heterocycles. The van der Waals surface area contributed by atoms with Crippen LogP contribution in [0.25, 0.3) is 16.0 Å². The Labute approximate surface area is 178 Å². The maximum atomic E-state index is 15.6. The molecule has 2 aromatic rings. The van der Waals surface area contributed by atoms with Crippen LogP contribution in [0.5, 0.6) is 5.75 Å². The van der Waals surface area contributed by atoms with E-state index in [1.165, 1.54) is 0 Å². The van der Waals surface area contributed by atoms with Crippen molar-refractivity contribution in [1.82, 2.24) is 0 Å². The van der Waals surface area contributed by atoms with Crippen LogP contribution in [-0.4, -0.2) is 37.4 Å².